The van der Waals surface area contributed by atoms with Crippen molar-refractivity contribution in [3.8, 4) is 0 Å². The average molecular weight is 316 g/mol. The fraction of sp³-hybridized carbons (Fsp3) is 0.545. The third-order valence-corrected chi connectivity index (χ3v) is 5.23. The highest BCUT2D eigenvalue weighted by Crippen LogP contribution is 2.35. The van der Waals surface area contributed by atoms with E-state index in [1.807, 2.05) is 22.9 Å². The van der Waals surface area contributed by atoms with Crippen LogP contribution < -0.4 is 5.32 Å². The van der Waals surface area contributed by atoms with Crippen molar-refractivity contribution < 1.29 is 4.79 Å². The molecule has 1 unspecified atom stereocenters. The summed E-state index contributed by atoms with van der Waals surface area (Å²) in [4.78, 5) is 17.3. The zero-order valence-corrected chi connectivity index (χ0v) is 11.9. The smallest absolute Gasteiger partial charge is 0.318 e. The van der Waals surface area contributed by atoms with Crippen LogP contribution in [-0.4, -0.2) is 48.6 Å². The summed E-state index contributed by atoms with van der Waals surface area (Å²) in [6.07, 6.45) is 0. The number of halogens is 1. The van der Waals surface area contributed by atoms with Gasteiger partial charge in [-0.2, -0.15) is 0 Å². The molecule has 4 nitrogen and oxygen atoms in total. The number of nitrogens with one attached hydrogen (secondary N) is 1. The molecule has 1 aromatic heterocycles. The first kappa shape index (κ1) is 11.5. The summed E-state index contributed by atoms with van der Waals surface area (Å²) in [5.41, 5.74) is 0. The minimum Gasteiger partial charge on any atom is -0.318 e. The van der Waals surface area contributed by atoms with Gasteiger partial charge in [0.05, 0.1) is 15.9 Å². The summed E-state index contributed by atoms with van der Waals surface area (Å²) in [6, 6.07) is 4.90. The van der Waals surface area contributed by atoms with Gasteiger partial charge in [-0.3, -0.25) is 0 Å². The number of carbonyl (C=O) groups excluding carboxylic acids is 1. The first-order valence-corrected chi connectivity index (χ1v) is 7.27. The number of carbonyl (C=O) groups is 1. The van der Waals surface area contributed by atoms with E-state index in [9.17, 15) is 4.79 Å². The van der Waals surface area contributed by atoms with Gasteiger partial charge in [-0.05, 0) is 28.1 Å². The van der Waals surface area contributed by atoms with E-state index >= 15 is 0 Å². The van der Waals surface area contributed by atoms with Gasteiger partial charge >= 0.3 is 6.03 Å². The number of urea groups is 1. The molecule has 2 fully saturated rings. The maximum Gasteiger partial charge on any atom is 0.320 e. The highest BCUT2D eigenvalue weighted by Gasteiger charge is 2.41. The Labute approximate surface area is 113 Å². The predicted octanol–water partition coefficient (Wildman–Crippen LogP) is 1.89. The van der Waals surface area contributed by atoms with Crippen LogP contribution in [0.5, 0.6) is 0 Å². The van der Waals surface area contributed by atoms with Gasteiger partial charge < -0.3 is 15.1 Å². The molecule has 0 aliphatic carbocycles. The molecule has 6 heteroatoms. The molecule has 17 heavy (non-hydrogen) atoms. The number of thiophene rings is 1. The molecule has 0 bridgehead atoms. The van der Waals surface area contributed by atoms with Crippen molar-refractivity contribution in [2.24, 2.45) is 0 Å². The summed E-state index contributed by atoms with van der Waals surface area (Å²) in [5.74, 6) is 0. The first-order valence-electron chi connectivity index (χ1n) is 5.66. The van der Waals surface area contributed by atoms with E-state index < -0.39 is 0 Å². The molecule has 3 heterocycles. The Morgan fingerprint density at radius 3 is 2.76 bits per heavy atom. The van der Waals surface area contributed by atoms with Crippen molar-refractivity contribution in [2.45, 2.75) is 12.1 Å². The fourth-order valence-electron chi connectivity index (χ4n) is 2.31. The van der Waals surface area contributed by atoms with E-state index in [4.69, 9.17) is 0 Å². The summed E-state index contributed by atoms with van der Waals surface area (Å²) >= 11 is 5.19. The standard InChI is InChI=1S/C11H14BrN3OS/c1-14-8(9-2-3-10(12)17-9)6-15(11(14)16)7-4-13-5-7/h2-3,7-8,13H,4-6H2,1H3. The van der Waals surface area contributed by atoms with E-state index in [0.717, 1.165) is 23.4 Å². The second-order valence-electron chi connectivity index (χ2n) is 4.52. The summed E-state index contributed by atoms with van der Waals surface area (Å²) in [7, 11) is 1.90. The lowest BCUT2D eigenvalue weighted by Crippen LogP contribution is -2.57. The van der Waals surface area contributed by atoms with Crippen LogP contribution in [0.25, 0.3) is 0 Å². The van der Waals surface area contributed by atoms with Crippen molar-refractivity contribution >= 4 is 33.3 Å². The van der Waals surface area contributed by atoms with Gasteiger partial charge in [0.1, 0.15) is 0 Å². The number of hydrogen-bond acceptors (Lipinski definition) is 3. The van der Waals surface area contributed by atoms with E-state index in [0.29, 0.717) is 6.04 Å². The van der Waals surface area contributed by atoms with Gasteiger partial charge in [-0.15, -0.1) is 11.3 Å². The highest BCUT2D eigenvalue weighted by molar-refractivity contribution is 9.11. The maximum atomic E-state index is 12.1. The Hall–Kier alpha value is -0.590. The quantitative estimate of drug-likeness (QED) is 0.904. The van der Waals surface area contributed by atoms with Crippen molar-refractivity contribution in [3.05, 3.63) is 20.8 Å². The summed E-state index contributed by atoms with van der Waals surface area (Å²) < 4.78 is 1.12. The lowest BCUT2D eigenvalue weighted by Gasteiger charge is -2.34. The normalized spacial score (nSPS) is 25.5. The van der Waals surface area contributed by atoms with Crippen LogP contribution in [0.1, 0.15) is 10.9 Å². The van der Waals surface area contributed by atoms with Gasteiger partial charge in [0, 0.05) is 31.6 Å². The molecule has 2 aliphatic rings. The Bertz CT molecular complexity index is 446. The molecular weight excluding hydrogens is 302 g/mol. The molecule has 92 valence electrons. The maximum absolute atomic E-state index is 12.1. The van der Waals surface area contributed by atoms with E-state index in [1.54, 1.807) is 11.3 Å². The van der Waals surface area contributed by atoms with Crippen molar-refractivity contribution in [1.82, 2.24) is 15.1 Å². The molecule has 0 spiro atoms. The van der Waals surface area contributed by atoms with Crippen LogP contribution in [0.15, 0.2) is 15.9 Å². The Kier molecular flexibility index (Phi) is 2.88. The van der Waals surface area contributed by atoms with Crippen molar-refractivity contribution in [1.29, 1.82) is 0 Å². The Balaban J connectivity index is 1.80. The van der Waals surface area contributed by atoms with E-state index in [1.165, 1.54) is 4.88 Å². The summed E-state index contributed by atoms with van der Waals surface area (Å²) in [5, 5.41) is 3.21. The van der Waals surface area contributed by atoms with Crippen LogP contribution in [0.2, 0.25) is 0 Å². The number of amides is 2. The van der Waals surface area contributed by atoms with Crippen molar-refractivity contribution in [2.75, 3.05) is 26.7 Å². The van der Waals surface area contributed by atoms with Crippen molar-refractivity contribution in [3.63, 3.8) is 0 Å². The monoisotopic (exact) mass is 315 g/mol. The van der Waals surface area contributed by atoms with Gasteiger partial charge in [0.2, 0.25) is 0 Å². The largest absolute Gasteiger partial charge is 0.320 e. The Morgan fingerprint density at radius 2 is 2.24 bits per heavy atom. The third kappa shape index (κ3) is 1.88. The molecule has 2 saturated heterocycles. The molecule has 2 amide bonds. The van der Waals surface area contributed by atoms with Crippen LogP contribution in [0.4, 0.5) is 4.79 Å². The average Bonchev–Trinajstić information content (AvgIpc) is 2.75. The van der Waals surface area contributed by atoms with Crippen LogP contribution in [0, 0.1) is 0 Å². The van der Waals surface area contributed by atoms with Crippen LogP contribution in [-0.2, 0) is 0 Å². The minimum atomic E-state index is 0.158. The molecular formula is C11H14BrN3OS. The van der Waals surface area contributed by atoms with Gasteiger partial charge in [-0.1, -0.05) is 0 Å². The molecule has 2 aliphatic heterocycles. The molecule has 0 radical (unpaired) electrons. The molecule has 1 aromatic rings. The van der Waals surface area contributed by atoms with Gasteiger partial charge in [-0.25, -0.2) is 4.79 Å². The first-order chi connectivity index (χ1) is 8.16. The number of nitrogens with zero attached hydrogens (tertiary/aromatic N) is 2. The molecule has 1 atom stereocenters. The molecule has 1 N–H and O–H groups in total. The van der Waals surface area contributed by atoms with Gasteiger partial charge in [0.15, 0.2) is 0 Å². The number of likely N-dealkylation sites (N-methyl/N-ethyl adjacent to an activating group) is 1. The predicted molar refractivity (Wildman–Crippen MR) is 71.3 cm³/mol. The lowest BCUT2D eigenvalue weighted by molar-refractivity contribution is 0.162. The SMILES string of the molecule is CN1C(=O)N(C2CNC2)CC1c1ccc(Br)s1. The van der Waals surface area contributed by atoms with E-state index in [-0.39, 0.29) is 12.1 Å². The lowest BCUT2D eigenvalue weighted by atomic mass is 10.1. The van der Waals surface area contributed by atoms with E-state index in [2.05, 4.69) is 27.3 Å². The second kappa shape index (κ2) is 4.26. The van der Waals surface area contributed by atoms with Gasteiger partial charge in [0.25, 0.3) is 0 Å². The molecule has 0 saturated carbocycles. The zero-order chi connectivity index (χ0) is 12.0. The zero-order valence-electron chi connectivity index (χ0n) is 9.52. The van der Waals surface area contributed by atoms with Crippen LogP contribution >= 0.6 is 27.3 Å². The third-order valence-electron chi connectivity index (χ3n) is 3.51. The summed E-state index contributed by atoms with van der Waals surface area (Å²) in [6.45, 7) is 2.68. The topological polar surface area (TPSA) is 35.6 Å². The minimum absolute atomic E-state index is 0.158. The Morgan fingerprint density at radius 1 is 1.47 bits per heavy atom. The molecule has 3 rings (SSSR count). The van der Waals surface area contributed by atoms with Crippen LogP contribution in [0.3, 0.4) is 0 Å². The fourth-order valence-corrected chi connectivity index (χ4v) is 3.87. The molecule has 0 aromatic carbocycles. The number of hydrogen-bond donors (Lipinski definition) is 1. The second-order valence-corrected chi connectivity index (χ2v) is 7.01. The number of rotatable bonds is 2. The highest BCUT2D eigenvalue weighted by atomic mass is 79.9.